The Hall–Kier alpha value is -1.04. The lowest BCUT2D eigenvalue weighted by molar-refractivity contribution is -0.135. The van der Waals surface area contributed by atoms with Gasteiger partial charge in [-0.15, -0.1) is 11.8 Å². The fraction of sp³-hybridized carbons (Fsp3) is 0.364. The molecule has 0 spiro atoms. The lowest BCUT2D eigenvalue weighted by atomic mass is 10.2. The average Bonchev–Trinajstić information content (AvgIpc) is 2.29. The zero-order chi connectivity index (χ0) is 12.0. The van der Waals surface area contributed by atoms with E-state index in [0.29, 0.717) is 6.61 Å². The number of thioether (sulfide) groups is 1. The predicted octanol–water partition coefficient (Wildman–Crippen LogP) is 1.26. The molecule has 0 heterocycles. The highest BCUT2D eigenvalue weighted by molar-refractivity contribution is 7.98. The molecule has 16 heavy (non-hydrogen) atoms. The highest BCUT2D eigenvalue weighted by Gasteiger charge is 2.04. The topological polar surface area (TPSA) is 55.6 Å². The van der Waals surface area contributed by atoms with E-state index in [2.05, 4.69) is 0 Å². The van der Waals surface area contributed by atoms with Crippen molar-refractivity contribution in [3.05, 3.63) is 29.8 Å². The Morgan fingerprint density at radius 3 is 2.56 bits per heavy atom. The normalized spacial score (nSPS) is 10.2. The quantitative estimate of drug-likeness (QED) is 0.364. The van der Waals surface area contributed by atoms with Gasteiger partial charge in [0.05, 0.1) is 6.61 Å². The Bertz CT molecular complexity index is 338. The van der Waals surface area contributed by atoms with E-state index in [1.165, 1.54) is 11.9 Å². The molecule has 0 aliphatic carbocycles. The summed E-state index contributed by atoms with van der Waals surface area (Å²) in [6.07, 6.45) is 2.03. The van der Waals surface area contributed by atoms with E-state index in [-0.39, 0.29) is 12.5 Å². The third-order valence-corrected chi connectivity index (χ3v) is 2.79. The van der Waals surface area contributed by atoms with Gasteiger partial charge >= 0.3 is 0 Å². The molecule has 0 fully saturated rings. The third kappa shape index (κ3) is 4.22. The van der Waals surface area contributed by atoms with Gasteiger partial charge in [0.1, 0.15) is 6.61 Å². The van der Waals surface area contributed by atoms with Crippen molar-refractivity contribution in [3.8, 4) is 0 Å². The van der Waals surface area contributed by atoms with Crippen LogP contribution in [0.3, 0.4) is 0 Å². The molecule has 4 nitrogen and oxygen atoms in total. The number of carbonyl (C=O) groups is 1. The van der Waals surface area contributed by atoms with Crippen molar-refractivity contribution < 1.29 is 9.53 Å². The van der Waals surface area contributed by atoms with E-state index < -0.39 is 0 Å². The number of amides is 1. The molecule has 5 heteroatoms. The summed E-state index contributed by atoms with van der Waals surface area (Å²) in [6.45, 7) is 0.436. The molecule has 0 aliphatic heterocycles. The van der Waals surface area contributed by atoms with Gasteiger partial charge in [0.15, 0.2) is 0 Å². The molecular formula is C11H16N2O2S. The van der Waals surface area contributed by atoms with Crippen LogP contribution in [0.1, 0.15) is 5.56 Å². The fourth-order valence-electron chi connectivity index (χ4n) is 1.08. The fourth-order valence-corrected chi connectivity index (χ4v) is 1.49. The standard InChI is InChI=1S/C11H16N2O2S/c1-13(12)11(14)8-15-7-9-3-5-10(16-2)6-4-9/h3-6H,7-8,12H2,1-2H3. The van der Waals surface area contributed by atoms with Crippen LogP contribution in [0, 0.1) is 0 Å². The van der Waals surface area contributed by atoms with E-state index in [1.807, 2.05) is 30.5 Å². The van der Waals surface area contributed by atoms with Crippen LogP contribution in [0.4, 0.5) is 0 Å². The summed E-state index contributed by atoms with van der Waals surface area (Å²) >= 11 is 1.69. The molecule has 2 N–H and O–H groups in total. The number of hydrazine groups is 1. The van der Waals surface area contributed by atoms with Crippen LogP contribution in [0.5, 0.6) is 0 Å². The average molecular weight is 240 g/mol. The van der Waals surface area contributed by atoms with Crippen molar-refractivity contribution in [2.24, 2.45) is 5.84 Å². The van der Waals surface area contributed by atoms with Crippen molar-refractivity contribution in [1.29, 1.82) is 0 Å². The van der Waals surface area contributed by atoms with Crippen molar-refractivity contribution >= 4 is 17.7 Å². The maximum Gasteiger partial charge on any atom is 0.262 e. The monoisotopic (exact) mass is 240 g/mol. The van der Waals surface area contributed by atoms with Crippen LogP contribution in [-0.2, 0) is 16.1 Å². The summed E-state index contributed by atoms with van der Waals surface area (Å²) in [5.74, 6) is 5.02. The minimum Gasteiger partial charge on any atom is -0.367 e. The number of carbonyl (C=O) groups excluding carboxylic acids is 1. The molecular weight excluding hydrogens is 224 g/mol. The summed E-state index contributed by atoms with van der Waals surface area (Å²) in [7, 11) is 1.50. The molecule has 0 radical (unpaired) electrons. The Labute approximate surface area is 99.7 Å². The lowest BCUT2D eigenvalue weighted by Crippen LogP contribution is -2.35. The summed E-state index contributed by atoms with van der Waals surface area (Å²) < 4.78 is 5.24. The summed E-state index contributed by atoms with van der Waals surface area (Å²) in [5, 5.41) is 1.02. The SMILES string of the molecule is CSc1ccc(COCC(=O)N(C)N)cc1. The zero-order valence-corrected chi connectivity index (χ0v) is 10.3. The smallest absolute Gasteiger partial charge is 0.262 e. The van der Waals surface area contributed by atoms with Gasteiger partial charge in [-0.1, -0.05) is 12.1 Å². The van der Waals surface area contributed by atoms with Crippen LogP contribution >= 0.6 is 11.8 Å². The highest BCUT2D eigenvalue weighted by atomic mass is 32.2. The van der Waals surface area contributed by atoms with E-state index in [0.717, 1.165) is 10.6 Å². The molecule has 88 valence electrons. The van der Waals surface area contributed by atoms with Crippen LogP contribution in [-0.4, -0.2) is 30.8 Å². The number of nitrogens with two attached hydrogens (primary N) is 1. The number of benzene rings is 1. The molecule has 0 atom stereocenters. The first-order chi connectivity index (χ1) is 7.63. The summed E-state index contributed by atoms with van der Waals surface area (Å²) in [4.78, 5) is 12.3. The first-order valence-corrected chi connectivity index (χ1v) is 6.08. The van der Waals surface area contributed by atoms with Crippen LogP contribution in [0.25, 0.3) is 0 Å². The van der Waals surface area contributed by atoms with E-state index >= 15 is 0 Å². The maximum absolute atomic E-state index is 11.1. The van der Waals surface area contributed by atoms with Crippen LogP contribution in [0.2, 0.25) is 0 Å². The Morgan fingerprint density at radius 1 is 1.44 bits per heavy atom. The zero-order valence-electron chi connectivity index (χ0n) is 9.47. The Kier molecular flexibility index (Phi) is 5.31. The van der Waals surface area contributed by atoms with E-state index in [9.17, 15) is 4.79 Å². The molecule has 0 aliphatic rings. The molecule has 1 amide bonds. The van der Waals surface area contributed by atoms with Crippen molar-refractivity contribution in [2.45, 2.75) is 11.5 Å². The first kappa shape index (κ1) is 13.0. The molecule has 0 aromatic heterocycles. The second kappa shape index (κ2) is 6.52. The molecule has 1 rings (SSSR count). The van der Waals surface area contributed by atoms with Gasteiger partial charge in [-0.25, -0.2) is 5.84 Å². The molecule has 0 unspecified atom stereocenters. The van der Waals surface area contributed by atoms with Crippen molar-refractivity contribution in [2.75, 3.05) is 19.9 Å². The van der Waals surface area contributed by atoms with Gasteiger partial charge in [-0.3, -0.25) is 9.80 Å². The summed E-state index contributed by atoms with van der Waals surface area (Å²) in [6, 6.07) is 8.03. The second-order valence-electron chi connectivity index (χ2n) is 3.35. The van der Waals surface area contributed by atoms with Crippen LogP contribution in [0.15, 0.2) is 29.2 Å². The van der Waals surface area contributed by atoms with E-state index in [4.69, 9.17) is 10.6 Å². The molecule has 1 aromatic rings. The van der Waals surface area contributed by atoms with E-state index in [1.54, 1.807) is 11.8 Å². The lowest BCUT2D eigenvalue weighted by Gasteiger charge is -2.10. The Morgan fingerprint density at radius 2 is 2.06 bits per heavy atom. The number of hydrogen-bond donors (Lipinski definition) is 1. The van der Waals surface area contributed by atoms with Crippen molar-refractivity contribution in [3.63, 3.8) is 0 Å². The largest absolute Gasteiger partial charge is 0.367 e. The minimum absolute atomic E-state index is 0.0112. The second-order valence-corrected chi connectivity index (χ2v) is 4.23. The van der Waals surface area contributed by atoms with Gasteiger partial charge in [0.25, 0.3) is 5.91 Å². The number of nitrogens with zero attached hydrogens (tertiary/aromatic N) is 1. The molecule has 0 saturated heterocycles. The number of rotatable bonds is 5. The van der Waals surface area contributed by atoms with Gasteiger partial charge in [0, 0.05) is 11.9 Å². The molecule has 0 bridgehead atoms. The van der Waals surface area contributed by atoms with Gasteiger partial charge in [-0.2, -0.15) is 0 Å². The van der Waals surface area contributed by atoms with Crippen LogP contribution < -0.4 is 5.84 Å². The number of ether oxygens (including phenoxy) is 1. The third-order valence-electron chi connectivity index (χ3n) is 2.05. The first-order valence-electron chi connectivity index (χ1n) is 4.85. The maximum atomic E-state index is 11.1. The van der Waals surface area contributed by atoms with Gasteiger partial charge < -0.3 is 4.74 Å². The van der Waals surface area contributed by atoms with Gasteiger partial charge in [-0.05, 0) is 24.0 Å². The van der Waals surface area contributed by atoms with Gasteiger partial charge in [0.2, 0.25) is 0 Å². The minimum atomic E-state index is -0.235. The summed E-state index contributed by atoms with van der Waals surface area (Å²) in [5.41, 5.74) is 1.05. The number of likely N-dealkylation sites (N-methyl/N-ethyl adjacent to an activating group) is 1. The molecule has 0 saturated carbocycles. The predicted molar refractivity (Wildman–Crippen MR) is 64.8 cm³/mol. The number of hydrogen-bond acceptors (Lipinski definition) is 4. The van der Waals surface area contributed by atoms with Crippen molar-refractivity contribution in [1.82, 2.24) is 5.01 Å². The Balaban J connectivity index is 2.34. The molecule has 1 aromatic carbocycles. The highest BCUT2D eigenvalue weighted by Crippen LogP contribution is 2.15.